The lowest BCUT2D eigenvalue weighted by molar-refractivity contribution is 0.313. The molecule has 0 spiro atoms. The zero-order valence-electron chi connectivity index (χ0n) is 10.8. The Labute approximate surface area is 114 Å². The van der Waals surface area contributed by atoms with Gasteiger partial charge in [-0.1, -0.05) is 59.3 Å². The summed E-state index contributed by atoms with van der Waals surface area (Å²) in [7, 11) is 0. The molecule has 1 nitrogen and oxygen atoms in total. The highest BCUT2D eigenvalue weighted by molar-refractivity contribution is 14.0. The number of unbranched alkanes of at least 4 members (excludes halogenated alkanes) is 3. The van der Waals surface area contributed by atoms with Crippen molar-refractivity contribution in [3.8, 4) is 0 Å². The van der Waals surface area contributed by atoms with Gasteiger partial charge < -0.3 is 5.73 Å². The van der Waals surface area contributed by atoms with E-state index in [-0.39, 0.29) is 29.5 Å². The van der Waals surface area contributed by atoms with Gasteiger partial charge in [-0.05, 0) is 19.3 Å². The van der Waals surface area contributed by atoms with Crippen molar-refractivity contribution in [2.24, 2.45) is 5.73 Å². The minimum Gasteiger partial charge on any atom is -0.325 e. The lowest BCUT2D eigenvalue weighted by Crippen LogP contribution is -2.39. The predicted molar refractivity (Wildman–Crippen MR) is 80.9 cm³/mol. The van der Waals surface area contributed by atoms with Gasteiger partial charge in [-0.2, -0.15) is 0 Å². The van der Waals surface area contributed by atoms with Gasteiger partial charge in [-0.3, -0.25) is 0 Å². The zero-order chi connectivity index (χ0) is 10.9. The average molecular weight is 327 g/mol. The van der Waals surface area contributed by atoms with Crippen molar-refractivity contribution in [2.75, 3.05) is 0 Å². The molecule has 0 saturated heterocycles. The highest BCUT2D eigenvalue weighted by atomic mass is 127. The van der Waals surface area contributed by atoms with E-state index < -0.39 is 0 Å². The molecule has 0 fully saturated rings. The van der Waals surface area contributed by atoms with E-state index in [0.29, 0.717) is 0 Å². The zero-order valence-corrected chi connectivity index (χ0v) is 13.2. The number of rotatable bonds is 9. The van der Waals surface area contributed by atoms with Crippen LogP contribution in [0, 0.1) is 0 Å². The first-order valence-electron chi connectivity index (χ1n) is 6.47. The van der Waals surface area contributed by atoms with E-state index in [9.17, 15) is 0 Å². The summed E-state index contributed by atoms with van der Waals surface area (Å²) in [6.07, 6.45) is 11.4. The fourth-order valence-electron chi connectivity index (χ4n) is 1.96. The summed E-state index contributed by atoms with van der Waals surface area (Å²) in [6.45, 7) is 6.75. The van der Waals surface area contributed by atoms with Crippen molar-refractivity contribution in [1.82, 2.24) is 0 Å². The van der Waals surface area contributed by atoms with Gasteiger partial charge in [-0.15, -0.1) is 24.0 Å². The van der Waals surface area contributed by atoms with Crippen molar-refractivity contribution in [2.45, 2.75) is 84.1 Å². The standard InChI is InChI=1S/C13H29N.HI/c1-4-7-10-13(14,11-8-5-2)12-9-6-3;/h4-12,14H2,1-3H3;1H. The van der Waals surface area contributed by atoms with E-state index in [2.05, 4.69) is 20.8 Å². The van der Waals surface area contributed by atoms with Crippen molar-refractivity contribution in [3.63, 3.8) is 0 Å². The molecule has 0 aliphatic carbocycles. The van der Waals surface area contributed by atoms with E-state index >= 15 is 0 Å². The Morgan fingerprint density at radius 2 is 1.00 bits per heavy atom. The maximum Gasteiger partial charge on any atom is 0.0154 e. The van der Waals surface area contributed by atoms with Crippen molar-refractivity contribution in [1.29, 1.82) is 0 Å². The van der Waals surface area contributed by atoms with Crippen LogP contribution >= 0.6 is 24.0 Å². The molecule has 2 heteroatoms. The second kappa shape index (κ2) is 11.2. The molecule has 0 radical (unpaired) electrons. The van der Waals surface area contributed by atoms with Gasteiger partial charge in [-0.25, -0.2) is 0 Å². The molecule has 0 unspecified atom stereocenters. The van der Waals surface area contributed by atoms with Crippen LogP contribution in [0.5, 0.6) is 0 Å². The summed E-state index contributed by atoms with van der Waals surface area (Å²) < 4.78 is 0. The summed E-state index contributed by atoms with van der Waals surface area (Å²) >= 11 is 0. The largest absolute Gasteiger partial charge is 0.325 e. The summed E-state index contributed by atoms with van der Waals surface area (Å²) in [5, 5.41) is 0. The molecule has 0 saturated carbocycles. The fraction of sp³-hybridized carbons (Fsp3) is 1.00. The van der Waals surface area contributed by atoms with Crippen molar-refractivity contribution < 1.29 is 0 Å². The Balaban J connectivity index is 0. The molecule has 0 amide bonds. The van der Waals surface area contributed by atoms with Gasteiger partial charge in [0, 0.05) is 5.54 Å². The van der Waals surface area contributed by atoms with E-state index in [1.54, 1.807) is 0 Å². The number of hydrogen-bond acceptors (Lipinski definition) is 1. The highest BCUT2D eigenvalue weighted by Gasteiger charge is 2.22. The average Bonchev–Trinajstić information content (AvgIpc) is 2.21. The van der Waals surface area contributed by atoms with Crippen LogP contribution in [0.25, 0.3) is 0 Å². The van der Waals surface area contributed by atoms with Gasteiger partial charge in [0.2, 0.25) is 0 Å². The SMILES string of the molecule is CCCCC(N)(CCCC)CCCC.I. The van der Waals surface area contributed by atoms with Crippen LogP contribution in [0.15, 0.2) is 0 Å². The molecule has 0 aromatic heterocycles. The molecule has 0 aromatic rings. The first-order valence-corrected chi connectivity index (χ1v) is 6.47. The Kier molecular flexibility index (Phi) is 13.5. The van der Waals surface area contributed by atoms with Gasteiger partial charge in [0.15, 0.2) is 0 Å². The Hall–Kier alpha value is 0.690. The minimum atomic E-state index is 0. The molecule has 94 valence electrons. The van der Waals surface area contributed by atoms with Gasteiger partial charge >= 0.3 is 0 Å². The Bertz CT molecular complexity index is 104. The first-order chi connectivity index (χ1) is 6.68. The monoisotopic (exact) mass is 327 g/mol. The Morgan fingerprint density at radius 3 is 1.20 bits per heavy atom. The normalized spacial score (nSPS) is 11.2. The van der Waals surface area contributed by atoms with Gasteiger partial charge in [0.1, 0.15) is 0 Å². The molecule has 0 rings (SSSR count). The van der Waals surface area contributed by atoms with Crippen LogP contribution < -0.4 is 5.73 Å². The summed E-state index contributed by atoms with van der Waals surface area (Å²) in [5.74, 6) is 0. The van der Waals surface area contributed by atoms with Crippen LogP contribution in [0.1, 0.15) is 78.6 Å². The van der Waals surface area contributed by atoms with E-state index in [1.807, 2.05) is 0 Å². The summed E-state index contributed by atoms with van der Waals surface area (Å²) in [5.41, 5.74) is 6.61. The summed E-state index contributed by atoms with van der Waals surface area (Å²) in [6, 6.07) is 0. The maximum atomic E-state index is 6.46. The van der Waals surface area contributed by atoms with Crippen molar-refractivity contribution >= 4 is 24.0 Å². The van der Waals surface area contributed by atoms with Crippen LogP contribution in [0.3, 0.4) is 0 Å². The first kappa shape index (κ1) is 18.1. The Morgan fingerprint density at radius 1 is 0.733 bits per heavy atom. The second-order valence-electron chi connectivity index (χ2n) is 4.67. The topological polar surface area (TPSA) is 26.0 Å². The lowest BCUT2D eigenvalue weighted by Gasteiger charge is -2.29. The molecule has 0 aliphatic rings. The fourth-order valence-corrected chi connectivity index (χ4v) is 1.96. The number of halogens is 1. The third-order valence-electron chi connectivity index (χ3n) is 3.08. The molecule has 2 N–H and O–H groups in total. The van der Waals surface area contributed by atoms with Crippen molar-refractivity contribution in [3.05, 3.63) is 0 Å². The smallest absolute Gasteiger partial charge is 0.0154 e. The molecule has 15 heavy (non-hydrogen) atoms. The van der Waals surface area contributed by atoms with Crippen LogP contribution in [-0.2, 0) is 0 Å². The molecular weight excluding hydrogens is 297 g/mol. The third-order valence-corrected chi connectivity index (χ3v) is 3.08. The van der Waals surface area contributed by atoms with Crippen LogP contribution in [0.4, 0.5) is 0 Å². The van der Waals surface area contributed by atoms with Crippen LogP contribution in [-0.4, -0.2) is 5.54 Å². The molecular formula is C13H30IN. The lowest BCUT2D eigenvalue weighted by atomic mass is 9.84. The van der Waals surface area contributed by atoms with Gasteiger partial charge in [0.05, 0.1) is 0 Å². The quantitative estimate of drug-likeness (QED) is 0.601. The number of nitrogens with two attached hydrogens (primary N) is 1. The minimum absolute atomic E-state index is 0. The molecule has 0 heterocycles. The molecule has 0 atom stereocenters. The molecule has 0 bridgehead atoms. The number of hydrogen-bond donors (Lipinski definition) is 1. The highest BCUT2D eigenvalue weighted by Crippen LogP contribution is 2.24. The van der Waals surface area contributed by atoms with E-state index in [0.717, 1.165) is 0 Å². The second-order valence-corrected chi connectivity index (χ2v) is 4.67. The molecule has 0 aromatic carbocycles. The molecule has 0 aliphatic heterocycles. The van der Waals surface area contributed by atoms with Gasteiger partial charge in [0.25, 0.3) is 0 Å². The third kappa shape index (κ3) is 9.61. The van der Waals surface area contributed by atoms with Crippen LogP contribution in [0.2, 0.25) is 0 Å². The predicted octanol–water partition coefficient (Wildman–Crippen LogP) is 4.87. The maximum absolute atomic E-state index is 6.46. The van der Waals surface area contributed by atoms with E-state index in [1.165, 1.54) is 57.8 Å². The summed E-state index contributed by atoms with van der Waals surface area (Å²) in [4.78, 5) is 0. The van der Waals surface area contributed by atoms with E-state index in [4.69, 9.17) is 5.73 Å².